The van der Waals surface area contributed by atoms with Crippen molar-refractivity contribution in [2.45, 2.75) is 38.6 Å². The van der Waals surface area contributed by atoms with Crippen LogP contribution in [-0.2, 0) is 0 Å². The van der Waals surface area contributed by atoms with Gasteiger partial charge in [-0.25, -0.2) is 4.39 Å². The van der Waals surface area contributed by atoms with Crippen LogP contribution in [0.15, 0.2) is 36.4 Å². The maximum atomic E-state index is 14.5. The summed E-state index contributed by atoms with van der Waals surface area (Å²) in [6.07, 6.45) is 4.27. The summed E-state index contributed by atoms with van der Waals surface area (Å²) >= 11 is 0. The van der Waals surface area contributed by atoms with Crippen molar-refractivity contribution in [1.82, 2.24) is 4.90 Å². The fraction of sp³-hybridized carbons (Fsp3) is 0.417. The van der Waals surface area contributed by atoms with Crippen molar-refractivity contribution in [2.75, 3.05) is 36.4 Å². The van der Waals surface area contributed by atoms with Crippen LogP contribution in [0.5, 0.6) is 0 Å². The van der Waals surface area contributed by atoms with Gasteiger partial charge in [-0.2, -0.15) is 0 Å². The number of carbonyl (C=O) groups is 2. The Bertz CT molecular complexity index is 1080. The summed E-state index contributed by atoms with van der Waals surface area (Å²) in [6.45, 7) is 2.95. The maximum absolute atomic E-state index is 14.5. The standard InChI is InChI=1S/C24H27FN4O4/c1-16(30)17-6-9-23(21(25)14-17)27-10-12-28(13-11-27)24(31)20-15-19(29(32)33)7-8-22(20)26-18-4-2-3-5-18/h6-9,14-15,18,26H,2-5,10-13H2,1H3. The average molecular weight is 455 g/mol. The molecule has 2 fully saturated rings. The topological polar surface area (TPSA) is 95.8 Å². The minimum atomic E-state index is -0.498. The van der Waals surface area contributed by atoms with Crippen LogP contribution in [0, 0.1) is 15.9 Å². The fourth-order valence-electron chi connectivity index (χ4n) is 4.54. The zero-order chi connectivity index (χ0) is 23.5. The molecule has 1 saturated carbocycles. The molecular formula is C24H27FN4O4. The van der Waals surface area contributed by atoms with Crippen LogP contribution >= 0.6 is 0 Å². The highest BCUT2D eigenvalue weighted by Gasteiger charge is 2.28. The van der Waals surface area contributed by atoms with E-state index in [0.717, 1.165) is 25.7 Å². The van der Waals surface area contributed by atoms with Crippen LogP contribution in [0.2, 0.25) is 0 Å². The summed E-state index contributed by atoms with van der Waals surface area (Å²) < 4.78 is 14.5. The molecule has 9 heteroatoms. The Morgan fingerprint density at radius 3 is 2.36 bits per heavy atom. The van der Waals surface area contributed by atoms with Gasteiger partial charge in [0.2, 0.25) is 0 Å². The number of nitro groups is 1. The SMILES string of the molecule is CC(=O)c1ccc(N2CCN(C(=O)c3cc([N+](=O)[O-])ccc3NC3CCCC3)CC2)c(F)c1. The fourth-order valence-corrected chi connectivity index (χ4v) is 4.54. The van der Waals surface area contributed by atoms with E-state index in [1.54, 1.807) is 23.1 Å². The molecule has 0 radical (unpaired) electrons. The van der Waals surface area contributed by atoms with Gasteiger partial charge in [0, 0.05) is 55.6 Å². The number of anilines is 2. The number of nitro benzene ring substituents is 1. The van der Waals surface area contributed by atoms with E-state index in [0.29, 0.717) is 48.7 Å². The number of amides is 1. The van der Waals surface area contributed by atoms with Crippen LogP contribution in [0.3, 0.4) is 0 Å². The summed E-state index contributed by atoms with van der Waals surface area (Å²) in [5, 5.41) is 14.7. The van der Waals surface area contributed by atoms with Gasteiger partial charge >= 0.3 is 0 Å². The molecule has 2 aromatic carbocycles. The molecule has 174 valence electrons. The van der Waals surface area contributed by atoms with Gasteiger partial charge < -0.3 is 15.1 Å². The van der Waals surface area contributed by atoms with E-state index in [4.69, 9.17) is 0 Å². The minimum Gasteiger partial charge on any atom is -0.382 e. The lowest BCUT2D eigenvalue weighted by Crippen LogP contribution is -2.49. The van der Waals surface area contributed by atoms with Gasteiger partial charge in [-0.1, -0.05) is 12.8 Å². The summed E-state index contributed by atoms with van der Waals surface area (Å²) in [7, 11) is 0. The highest BCUT2D eigenvalue weighted by Crippen LogP contribution is 2.29. The molecule has 2 aromatic rings. The van der Waals surface area contributed by atoms with Gasteiger partial charge in [-0.3, -0.25) is 19.7 Å². The summed E-state index contributed by atoms with van der Waals surface area (Å²) in [4.78, 5) is 39.1. The number of nitrogens with one attached hydrogen (secondary N) is 1. The van der Waals surface area contributed by atoms with E-state index in [2.05, 4.69) is 5.32 Å². The van der Waals surface area contributed by atoms with Crippen LogP contribution in [0.4, 0.5) is 21.5 Å². The molecule has 1 saturated heterocycles. The van der Waals surface area contributed by atoms with E-state index in [-0.39, 0.29) is 23.4 Å². The first-order chi connectivity index (χ1) is 15.8. The van der Waals surface area contributed by atoms with Crippen molar-refractivity contribution in [2.24, 2.45) is 0 Å². The second-order valence-corrected chi connectivity index (χ2v) is 8.61. The Morgan fingerprint density at radius 1 is 1.06 bits per heavy atom. The quantitative estimate of drug-likeness (QED) is 0.398. The molecule has 1 amide bonds. The van der Waals surface area contributed by atoms with Crippen LogP contribution in [-0.4, -0.2) is 53.7 Å². The number of hydrogen-bond acceptors (Lipinski definition) is 6. The molecule has 1 aliphatic carbocycles. The lowest BCUT2D eigenvalue weighted by molar-refractivity contribution is -0.384. The molecule has 2 aliphatic rings. The Kier molecular flexibility index (Phi) is 6.57. The van der Waals surface area contributed by atoms with E-state index < -0.39 is 10.7 Å². The van der Waals surface area contributed by atoms with Crippen molar-refractivity contribution in [3.63, 3.8) is 0 Å². The van der Waals surface area contributed by atoms with Gasteiger partial charge in [0.15, 0.2) is 5.78 Å². The Hall–Kier alpha value is -3.49. The Labute approximate surface area is 191 Å². The Morgan fingerprint density at radius 2 is 1.76 bits per heavy atom. The molecule has 0 bridgehead atoms. The maximum Gasteiger partial charge on any atom is 0.270 e. The van der Waals surface area contributed by atoms with E-state index in [1.165, 1.54) is 25.1 Å². The third kappa shape index (κ3) is 4.97. The van der Waals surface area contributed by atoms with Crippen LogP contribution in [0.1, 0.15) is 53.3 Å². The highest BCUT2D eigenvalue weighted by molar-refractivity contribution is 6.00. The molecule has 33 heavy (non-hydrogen) atoms. The molecule has 4 rings (SSSR count). The van der Waals surface area contributed by atoms with Gasteiger partial charge in [0.1, 0.15) is 5.82 Å². The first kappa shape index (κ1) is 22.7. The van der Waals surface area contributed by atoms with E-state index >= 15 is 0 Å². The first-order valence-electron chi connectivity index (χ1n) is 11.2. The third-order valence-corrected chi connectivity index (χ3v) is 6.42. The number of hydrogen-bond donors (Lipinski definition) is 1. The van der Waals surface area contributed by atoms with Crippen molar-refractivity contribution in [3.8, 4) is 0 Å². The molecule has 1 aliphatic heterocycles. The number of ketones is 1. The third-order valence-electron chi connectivity index (χ3n) is 6.42. The van der Waals surface area contributed by atoms with E-state index in [9.17, 15) is 24.1 Å². The van der Waals surface area contributed by atoms with Crippen molar-refractivity contribution in [1.29, 1.82) is 0 Å². The number of Topliss-reactive ketones (excluding diaryl/α,β-unsaturated/α-hetero) is 1. The Balaban J connectivity index is 1.49. The average Bonchev–Trinajstić information content (AvgIpc) is 3.32. The number of carbonyl (C=O) groups excluding carboxylic acids is 2. The van der Waals surface area contributed by atoms with Gasteiger partial charge in [-0.15, -0.1) is 0 Å². The highest BCUT2D eigenvalue weighted by atomic mass is 19.1. The second-order valence-electron chi connectivity index (χ2n) is 8.61. The van der Waals surface area contributed by atoms with Crippen molar-refractivity contribution < 1.29 is 18.9 Å². The molecular weight excluding hydrogens is 427 g/mol. The number of benzene rings is 2. The van der Waals surface area contributed by atoms with Gasteiger partial charge in [-0.05, 0) is 44.0 Å². The number of non-ortho nitro benzene ring substituents is 1. The number of rotatable bonds is 6. The molecule has 1 N–H and O–H groups in total. The lowest BCUT2D eigenvalue weighted by Gasteiger charge is -2.36. The van der Waals surface area contributed by atoms with Gasteiger partial charge in [0.05, 0.1) is 16.2 Å². The predicted octanol–water partition coefficient (Wildman–Crippen LogP) is 4.25. The minimum absolute atomic E-state index is 0.124. The van der Waals surface area contributed by atoms with Crippen molar-refractivity contribution >= 4 is 28.8 Å². The zero-order valence-corrected chi connectivity index (χ0v) is 18.6. The monoisotopic (exact) mass is 454 g/mol. The first-order valence-corrected chi connectivity index (χ1v) is 11.2. The number of nitrogens with zero attached hydrogens (tertiary/aromatic N) is 3. The van der Waals surface area contributed by atoms with Crippen LogP contribution in [0.25, 0.3) is 0 Å². The smallest absolute Gasteiger partial charge is 0.270 e. The normalized spacial score (nSPS) is 16.7. The van der Waals surface area contributed by atoms with E-state index in [1.807, 2.05) is 4.90 Å². The number of piperazine rings is 1. The zero-order valence-electron chi connectivity index (χ0n) is 18.6. The summed E-state index contributed by atoms with van der Waals surface area (Å²) in [5.41, 5.74) is 1.50. The molecule has 0 atom stereocenters. The van der Waals surface area contributed by atoms with Crippen LogP contribution < -0.4 is 10.2 Å². The molecule has 0 aromatic heterocycles. The molecule has 0 spiro atoms. The second kappa shape index (κ2) is 9.56. The molecule has 1 heterocycles. The number of halogens is 1. The predicted molar refractivity (Wildman–Crippen MR) is 123 cm³/mol. The largest absolute Gasteiger partial charge is 0.382 e. The molecule has 0 unspecified atom stereocenters. The van der Waals surface area contributed by atoms with Crippen molar-refractivity contribution in [3.05, 3.63) is 63.5 Å². The van der Waals surface area contributed by atoms with Gasteiger partial charge in [0.25, 0.3) is 11.6 Å². The lowest BCUT2D eigenvalue weighted by atomic mass is 10.1. The summed E-state index contributed by atoms with van der Waals surface area (Å²) in [6, 6.07) is 9.06. The summed E-state index contributed by atoms with van der Waals surface area (Å²) in [5.74, 6) is -0.940. The molecule has 8 nitrogen and oxygen atoms in total.